The van der Waals surface area contributed by atoms with Crippen LogP contribution in [-0.2, 0) is 6.42 Å². The van der Waals surface area contributed by atoms with E-state index in [1.807, 2.05) is 24.3 Å². The molecule has 16 heavy (non-hydrogen) atoms. The van der Waals surface area contributed by atoms with E-state index in [2.05, 4.69) is 6.07 Å². The smallest absolute Gasteiger partial charge is 0.167 e. The third-order valence-electron chi connectivity index (χ3n) is 3.21. The molecule has 2 aromatic rings. The molecule has 3 rings (SSSR count). The number of methoxy groups -OCH3 is 1. The first-order chi connectivity index (χ1) is 7.81. The molecule has 80 valence electrons. The highest BCUT2D eigenvalue weighted by molar-refractivity contribution is 6.13. The van der Waals surface area contributed by atoms with Crippen LogP contribution in [0.3, 0.4) is 0 Å². The van der Waals surface area contributed by atoms with Crippen molar-refractivity contribution in [2.75, 3.05) is 7.11 Å². The number of hydrogen-bond donors (Lipinski definition) is 0. The Morgan fingerprint density at radius 1 is 1.12 bits per heavy atom. The Kier molecular flexibility index (Phi) is 1.96. The average Bonchev–Trinajstić information content (AvgIpc) is 2.33. The molecule has 2 aromatic carbocycles. The molecule has 2 heteroatoms. The van der Waals surface area contributed by atoms with Gasteiger partial charge in [0.15, 0.2) is 5.78 Å². The van der Waals surface area contributed by atoms with Crippen LogP contribution in [0.15, 0.2) is 30.3 Å². The Hall–Kier alpha value is -1.83. The van der Waals surface area contributed by atoms with Crippen LogP contribution in [0.5, 0.6) is 5.75 Å². The van der Waals surface area contributed by atoms with Crippen LogP contribution in [0, 0.1) is 0 Å². The van der Waals surface area contributed by atoms with Crippen LogP contribution < -0.4 is 4.74 Å². The molecule has 0 atom stereocenters. The number of carbonyl (C=O) groups excluding carboxylic acids is 1. The van der Waals surface area contributed by atoms with Crippen molar-refractivity contribution >= 4 is 16.6 Å². The number of ketones is 1. The largest absolute Gasteiger partial charge is 0.496 e. The summed E-state index contributed by atoms with van der Waals surface area (Å²) in [5.41, 5.74) is 2.02. The SMILES string of the molecule is COc1ccc2cccc3c2c1C(=O)CC3. The highest BCUT2D eigenvalue weighted by Gasteiger charge is 2.22. The first kappa shape index (κ1) is 9.40. The zero-order chi connectivity index (χ0) is 11.1. The molecule has 0 saturated carbocycles. The van der Waals surface area contributed by atoms with Crippen LogP contribution in [-0.4, -0.2) is 12.9 Å². The Morgan fingerprint density at radius 3 is 2.81 bits per heavy atom. The van der Waals surface area contributed by atoms with Crippen LogP contribution in [0.25, 0.3) is 10.8 Å². The van der Waals surface area contributed by atoms with E-state index in [-0.39, 0.29) is 5.78 Å². The van der Waals surface area contributed by atoms with Gasteiger partial charge in [0, 0.05) is 6.42 Å². The molecular weight excluding hydrogens is 200 g/mol. The van der Waals surface area contributed by atoms with Gasteiger partial charge in [-0.2, -0.15) is 0 Å². The van der Waals surface area contributed by atoms with Crippen molar-refractivity contribution in [3.8, 4) is 5.75 Å². The zero-order valence-corrected chi connectivity index (χ0v) is 9.12. The molecule has 1 aliphatic carbocycles. The number of rotatable bonds is 1. The number of hydrogen-bond acceptors (Lipinski definition) is 2. The van der Waals surface area contributed by atoms with Crippen molar-refractivity contribution in [2.45, 2.75) is 12.8 Å². The number of aryl methyl sites for hydroxylation is 1. The van der Waals surface area contributed by atoms with Crippen LogP contribution in [0.4, 0.5) is 0 Å². The molecule has 0 N–H and O–H groups in total. The average molecular weight is 212 g/mol. The third-order valence-corrected chi connectivity index (χ3v) is 3.21. The van der Waals surface area contributed by atoms with E-state index in [4.69, 9.17) is 4.74 Å². The summed E-state index contributed by atoms with van der Waals surface area (Å²) >= 11 is 0. The van der Waals surface area contributed by atoms with Gasteiger partial charge in [0.1, 0.15) is 5.75 Å². The fourth-order valence-electron chi connectivity index (χ4n) is 2.46. The minimum absolute atomic E-state index is 0.196. The molecule has 0 aliphatic heterocycles. The fraction of sp³-hybridized carbons (Fsp3) is 0.214. The van der Waals surface area contributed by atoms with Crippen molar-refractivity contribution in [3.05, 3.63) is 41.5 Å². The Bertz CT molecular complexity index is 585. The highest BCUT2D eigenvalue weighted by atomic mass is 16.5. The van der Waals surface area contributed by atoms with Gasteiger partial charge in [-0.1, -0.05) is 24.3 Å². The molecule has 1 aliphatic rings. The number of ether oxygens (including phenoxy) is 1. The summed E-state index contributed by atoms with van der Waals surface area (Å²) in [4.78, 5) is 12.0. The summed E-state index contributed by atoms with van der Waals surface area (Å²) in [6.07, 6.45) is 1.43. The lowest BCUT2D eigenvalue weighted by Gasteiger charge is -2.18. The van der Waals surface area contributed by atoms with E-state index >= 15 is 0 Å². The van der Waals surface area contributed by atoms with E-state index < -0.39 is 0 Å². The summed E-state index contributed by atoms with van der Waals surface area (Å²) in [5, 5.41) is 2.21. The quantitative estimate of drug-likeness (QED) is 0.726. The maximum Gasteiger partial charge on any atom is 0.167 e. The molecule has 0 radical (unpaired) electrons. The van der Waals surface area contributed by atoms with Gasteiger partial charge in [-0.05, 0) is 28.8 Å². The van der Waals surface area contributed by atoms with Gasteiger partial charge in [-0.3, -0.25) is 4.79 Å². The molecule has 0 fully saturated rings. The topological polar surface area (TPSA) is 26.3 Å². The van der Waals surface area contributed by atoms with Crippen LogP contribution >= 0.6 is 0 Å². The molecule has 0 bridgehead atoms. The van der Waals surface area contributed by atoms with Crippen LogP contribution in [0.2, 0.25) is 0 Å². The van der Waals surface area contributed by atoms with Gasteiger partial charge < -0.3 is 4.74 Å². The van der Waals surface area contributed by atoms with Gasteiger partial charge in [-0.25, -0.2) is 0 Å². The first-order valence-corrected chi connectivity index (χ1v) is 5.43. The second-order valence-corrected chi connectivity index (χ2v) is 4.08. The summed E-state index contributed by atoms with van der Waals surface area (Å²) in [7, 11) is 1.61. The fourth-order valence-corrected chi connectivity index (χ4v) is 2.46. The normalized spacial score (nSPS) is 14.2. The summed E-state index contributed by atoms with van der Waals surface area (Å²) in [6, 6.07) is 10.1. The monoisotopic (exact) mass is 212 g/mol. The molecule has 2 nitrogen and oxygen atoms in total. The molecule has 0 unspecified atom stereocenters. The van der Waals surface area contributed by atoms with Crippen molar-refractivity contribution in [1.82, 2.24) is 0 Å². The van der Waals surface area contributed by atoms with Gasteiger partial charge in [0.25, 0.3) is 0 Å². The third kappa shape index (κ3) is 1.16. The lowest BCUT2D eigenvalue weighted by Crippen LogP contribution is -2.11. The lowest BCUT2D eigenvalue weighted by molar-refractivity contribution is 0.0979. The number of carbonyl (C=O) groups is 1. The lowest BCUT2D eigenvalue weighted by atomic mass is 9.87. The maximum atomic E-state index is 12.0. The number of benzene rings is 2. The highest BCUT2D eigenvalue weighted by Crippen LogP contribution is 2.35. The van der Waals surface area contributed by atoms with E-state index in [9.17, 15) is 4.79 Å². The Labute approximate surface area is 93.8 Å². The van der Waals surface area contributed by atoms with Crippen molar-refractivity contribution in [3.63, 3.8) is 0 Å². The maximum absolute atomic E-state index is 12.0. The molecule has 0 spiro atoms. The molecule has 0 amide bonds. The van der Waals surface area contributed by atoms with Gasteiger partial charge in [-0.15, -0.1) is 0 Å². The molecular formula is C14H12O2. The minimum Gasteiger partial charge on any atom is -0.496 e. The van der Waals surface area contributed by atoms with Gasteiger partial charge in [0.2, 0.25) is 0 Å². The summed E-state index contributed by atoms with van der Waals surface area (Å²) < 4.78 is 5.28. The van der Waals surface area contributed by atoms with E-state index in [0.717, 1.165) is 22.8 Å². The van der Waals surface area contributed by atoms with E-state index in [1.54, 1.807) is 7.11 Å². The Balaban J connectivity index is 2.48. The minimum atomic E-state index is 0.196. The van der Waals surface area contributed by atoms with Crippen LogP contribution in [0.1, 0.15) is 22.3 Å². The van der Waals surface area contributed by atoms with E-state index in [0.29, 0.717) is 12.2 Å². The van der Waals surface area contributed by atoms with Crippen molar-refractivity contribution in [2.24, 2.45) is 0 Å². The number of Topliss-reactive ketones (excluding diaryl/α,β-unsaturated/α-hetero) is 1. The van der Waals surface area contributed by atoms with Gasteiger partial charge in [0.05, 0.1) is 12.7 Å². The van der Waals surface area contributed by atoms with Crippen molar-refractivity contribution in [1.29, 1.82) is 0 Å². The predicted molar refractivity (Wildman–Crippen MR) is 63.2 cm³/mol. The van der Waals surface area contributed by atoms with E-state index in [1.165, 1.54) is 5.56 Å². The predicted octanol–water partition coefficient (Wildman–Crippen LogP) is 2.98. The second-order valence-electron chi connectivity index (χ2n) is 4.08. The second kappa shape index (κ2) is 3.34. The zero-order valence-electron chi connectivity index (χ0n) is 9.12. The standard InChI is InChI=1S/C14H12O2/c1-16-12-8-6-10-4-2-3-9-5-7-11(15)14(12)13(9)10/h2-4,6,8H,5,7H2,1H3. The van der Waals surface area contributed by atoms with Gasteiger partial charge >= 0.3 is 0 Å². The Morgan fingerprint density at radius 2 is 2.00 bits per heavy atom. The summed E-state index contributed by atoms with van der Waals surface area (Å²) in [6.45, 7) is 0. The summed E-state index contributed by atoms with van der Waals surface area (Å²) in [5.74, 6) is 0.894. The molecule has 0 aromatic heterocycles. The molecule has 0 saturated heterocycles. The first-order valence-electron chi connectivity index (χ1n) is 5.43. The van der Waals surface area contributed by atoms with Crippen molar-refractivity contribution < 1.29 is 9.53 Å². The molecule has 0 heterocycles.